The van der Waals surface area contributed by atoms with Crippen molar-refractivity contribution < 1.29 is 57.1 Å². The van der Waals surface area contributed by atoms with Crippen LogP contribution in [0.4, 0.5) is 0 Å². The van der Waals surface area contributed by atoms with Crippen molar-refractivity contribution in [2.75, 3.05) is 13.7 Å². The van der Waals surface area contributed by atoms with Crippen molar-refractivity contribution in [2.45, 2.75) is 71.7 Å². The summed E-state index contributed by atoms with van der Waals surface area (Å²) in [5.41, 5.74) is 0.392. The van der Waals surface area contributed by atoms with Gasteiger partial charge in [0.15, 0.2) is 29.5 Å². The molecule has 12 heteroatoms. The number of methoxy groups -OCH3 is 1. The molecule has 1 fully saturated rings. The van der Waals surface area contributed by atoms with E-state index in [2.05, 4.69) is 0 Å². The van der Waals surface area contributed by atoms with Gasteiger partial charge in [-0.25, -0.2) is 0 Å². The maximum atomic E-state index is 12.1. The summed E-state index contributed by atoms with van der Waals surface area (Å²) in [6.07, 6.45) is -6.38. The molecule has 1 aliphatic rings. The van der Waals surface area contributed by atoms with Crippen LogP contribution in [-0.2, 0) is 42.9 Å². The van der Waals surface area contributed by atoms with Crippen LogP contribution in [-0.4, -0.2) is 74.1 Å². The number of rotatable bonds is 10. The summed E-state index contributed by atoms with van der Waals surface area (Å²) in [5, 5.41) is 0. The Morgan fingerprint density at radius 2 is 1.39 bits per heavy atom. The Morgan fingerprint density at radius 3 is 1.92 bits per heavy atom. The molecule has 1 aliphatic heterocycles. The van der Waals surface area contributed by atoms with Gasteiger partial charge < -0.3 is 33.2 Å². The average Bonchev–Trinajstić information content (AvgIpc) is 2.80. The first-order chi connectivity index (χ1) is 17.0. The molecule has 1 heterocycles. The maximum Gasteiger partial charge on any atom is 0.303 e. The van der Waals surface area contributed by atoms with Crippen molar-refractivity contribution in [3.8, 4) is 11.5 Å². The van der Waals surface area contributed by atoms with Gasteiger partial charge in [-0.05, 0) is 18.2 Å². The average molecular weight is 510 g/mol. The zero-order valence-electron chi connectivity index (χ0n) is 20.9. The van der Waals surface area contributed by atoms with Crippen molar-refractivity contribution >= 4 is 29.7 Å². The van der Waals surface area contributed by atoms with Crippen molar-refractivity contribution in [1.82, 2.24) is 0 Å². The molecule has 0 amide bonds. The molecule has 1 saturated heterocycles. The molecule has 0 aliphatic carbocycles. The predicted octanol–water partition coefficient (Wildman–Crippen LogP) is 1.75. The molecule has 5 unspecified atom stereocenters. The molecule has 0 saturated carbocycles. The topological polar surface area (TPSA) is 150 Å². The Morgan fingerprint density at radius 1 is 0.806 bits per heavy atom. The van der Waals surface area contributed by atoms with Gasteiger partial charge in [0.25, 0.3) is 0 Å². The minimum Gasteiger partial charge on any atom is -0.493 e. The highest BCUT2D eigenvalue weighted by Gasteiger charge is 2.53. The second kappa shape index (κ2) is 12.9. The van der Waals surface area contributed by atoms with Gasteiger partial charge in [0.1, 0.15) is 12.7 Å². The number of carbonyl (C=O) groups is 5. The molecular formula is C24H30O12. The van der Waals surface area contributed by atoms with Crippen LogP contribution >= 0.6 is 0 Å². The smallest absolute Gasteiger partial charge is 0.303 e. The fourth-order valence-corrected chi connectivity index (χ4v) is 3.55. The molecule has 0 spiro atoms. The Hall–Kier alpha value is -3.67. The van der Waals surface area contributed by atoms with E-state index in [9.17, 15) is 24.0 Å². The van der Waals surface area contributed by atoms with Crippen LogP contribution in [0.3, 0.4) is 0 Å². The second-order valence-electron chi connectivity index (χ2n) is 7.83. The van der Waals surface area contributed by atoms with E-state index in [0.29, 0.717) is 5.56 Å². The van der Waals surface area contributed by atoms with Gasteiger partial charge in [0, 0.05) is 39.7 Å². The third-order valence-corrected chi connectivity index (χ3v) is 5.00. The normalized spacial score (nSPS) is 23.1. The summed E-state index contributed by atoms with van der Waals surface area (Å²) in [4.78, 5) is 59.2. The number of benzene rings is 1. The fraction of sp³-hybridized carbons (Fsp3) is 0.542. The molecule has 0 aromatic heterocycles. The molecule has 36 heavy (non-hydrogen) atoms. The van der Waals surface area contributed by atoms with Crippen LogP contribution in [0, 0.1) is 0 Å². The van der Waals surface area contributed by atoms with Gasteiger partial charge >= 0.3 is 23.9 Å². The molecule has 12 nitrogen and oxygen atoms in total. The summed E-state index contributed by atoms with van der Waals surface area (Å²) in [6, 6.07) is 4.47. The minimum atomic E-state index is -1.42. The summed E-state index contributed by atoms with van der Waals surface area (Å²) in [7, 11) is 1.37. The number of ether oxygens (including phenoxy) is 7. The number of hydrogen-bond acceptors (Lipinski definition) is 12. The monoisotopic (exact) mass is 510 g/mol. The molecule has 198 valence electrons. The minimum absolute atomic E-state index is 0.117. The quantitative estimate of drug-likeness (QED) is 0.256. The zero-order valence-corrected chi connectivity index (χ0v) is 20.9. The lowest BCUT2D eigenvalue weighted by molar-refractivity contribution is -0.288. The van der Waals surface area contributed by atoms with E-state index in [-0.39, 0.29) is 23.7 Å². The van der Waals surface area contributed by atoms with Crippen LogP contribution in [0.1, 0.15) is 51.4 Å². The number of esters is 4. The van der Waals surface area contributed by atoms with E-state index in [1.54, 1.807) is 6.92 Å². The van der Waals surface area contributed by atoms with E-state index >= 15 is 0 Å². The van der Waals surface area contributed by atoms with E-state index in [1.807, 2.05) is 0 Å². The van der Waals surface area contributed by atoms with Crippen LogP contribution in [0.25, 0.3) is 0 Å². The zero-order chi connectivity index (χ0) is 27.0. The van der Waals surface area contributed by atoms with Gasteiger partial charge in [-0.3, -0.25) is 24.0 Å². The summed E-state index contributed by atoms with van der Waals surface area (Å²) in [6.45, 7) is 5.87. The molecule has 0 radical (unpaired) electrons. The summed E-state index contributed by atoms with van der Waals surface area (Å²) in [5.74, 6) is -2.72. The van der Waals surface area contributed by atoms with E-state index in [1.165, 1.54) is 32.2 Å². The third-order valence-electron chi connectivity index (χ3n) is 5.00. The van der Waals surface area contributed by atoms with Gasteiger partial charge in [-0.1, -0.05) is 6.92 Å². The van der Waals surface area contributed by atoms with Gasteiger partial charge in [0.2, 0.25) is 12.4 Å². The van der Waals surface area contributed by atoms with Gasteiger partial charge in [-0.2, -0.15) is 0 Å². The maximum absolute atomic E-state index is 12.1. The molecular weight excluding hydrogens is 480 g/mol. The molecule has 1 aromatic carbocycles. The fourth-order valence-electron chi connectivity index (χ4n) is 3.55. The predicted molar refractivity (Wildman–Crippen MR) is 120 cm³/mol. The number of ketones is 1. The Bertz CT molecular complexity index is 987. The third kappa shape index (κ3) is 7.67. The molecule has 5 atom stereocenters. The lowest BCUT2D eigenvalue weighted by Crippen LogP contribution is -2.63. The molecule has 0 bridgehead atoms. The van der Waals surface area contributed by atoms with Crippen LogP contribution < -0.4 is 9.47 Å². The van der Waals surface area contributed by atoms with E-state index in [4.69, 9.17) is 33.2 Å². The van der Waals surface area contributed by atoms with Crippen LogP contribution in [0.2, 0.25) is 0 Å². The Kier molecular flexibility index (Phi) is 10.2. The first kappa shape index (κ1) is 28.6. The molecule has 2 rings (SSSR count). The SMILES string of the molecule is CCC(=O)c1ccc(OC2OC(COC(C)=O)C(OC(C)=O)C(OC(C)=O)C2OC(C)=O)c(OC)c1. The van der Waals surface area contributed by atoms with Crippen LogP contribution in [0.5, 0.6) is 11.5 Å². The van der Waals surface area contributed by atoms with Gasteiger partial charge in [-0.15, -0.1) is 0 Å². The van der Waals surface area contributed by atoms with Crippen molar-refractivity contribution in [1.29, 1.82) is 0 Å². The first-order valence-electron chi connectivity index (χ1n) is 11.1. The number of Topliss-reactive ketones (excluding diaryl/α,β-unsaturated/α-hetero) is 1. The Labute approximate surface area is 208 Å². The molecule has 1 aromatic rings. The standard InChI is InChI=1S/C24H30O12/c1-7-17(29)16-8-9-18(19(10-16)30-6)35-24-23(34-15(5)28)22(33-14(4)27)21(32-13(3)26)20(36-24)11-31-12(2)25/h8-10,20-24H,7,11H2,1-6H3. The van der Waals surface area contributed by atoms with E-state index in [0.717, 1.165) is 20.8 Å². The lowest BCUT2D eigenvalue weighted by atomic mass is 9.98. The second-order valence-corrected chi connectivity index (χ2v) is 7.83. The highest BCUT2D eigenvalue weighted by molar-refractivity contribution is 5.96. The summed E-state index contributed by atoms with van der Waals surface area (Å²) >= 11 is 0. The van der Waals surface area contributed by atoms with Crippen molar-refractivity contribution in [2.24, 2.45) is 0 Å². The highest BCUT2D eigenvalue weighted by atomic mass is 16.7. The van der Waals surface area contributed by atoms with E-state index < -0.39 is 61.2 Å². The lowest BCUT2D eigenvalue weighted by Gasteiger charge is -2.44. The molecule has 0 N–H and O–H groups in total. The highest BCUT2D eigenvalue weighted by Crippen LogP contribution is 2.35. The Balaban J connectivity index is 2.52. The number of hydrogen-bond donors (Lipinski definition) is 0. The largest absolute Gasteiger partial charge is 0.493 e. The van der Waals surface area contributed by atoms with Crippen molar-refractivity contribution in [3.63, 3.8) is 0 Å². The van der Waals surface area contributed by atoms with Crippen molar-refractivity contribution in [3.05, 3.63) is 23.8 Å². The summed E-state index contributed by atoms with van der Waals surface area (Å²) < 4.78 is 38.3. The van der Waals surface area contributed by atoms with Crippen LogP contribution in [0.15, 0.2) is 18.2 Å². The number of carbonyl (C=O) groups excluding carboxylic acids is 5. The van der Waals surface area contributed by atoms with Gasteiger partial charge in [0.05, 0.1) is 7.11 Å². The first-order valence-corrected chi connectivity index (χ1v) is 11.1.